The molecule has 0 aromatic heterocycles. The second kappa shape index (κ2) is 9.21. The topological polar surface area (TPSA) is 72.3 Å². The van der Waals surface area contributed by atoms with Crippen molar-refractivity contribution < 1.29 is 24.0 Å². The lowest BCUT2D eigenvalue weighted by Crippen LogP contribution is -3.11. The number of ether oxygens (including phenoxy) is 2. The summed E-state index contributed by atoms with van der Waals surface area (Å²) >= 11 is 5.97. The van der Waals surface area contributed by atoms with E-state index in [4.69, 9.17) is 21.1 Å². The predicted octanol–water partition coefficient (Wildman–Crippen LogP) is 0.438. The predicted molar refractivity (Wildman–Crippen MR) is 99.8 cm³/mol. The van der Waals surface area contributed by atoms with Crippen molar-refractivity contribution in [3.05, 3.63) is 23.2 Å². The minimum absolute atomic E-state index is 0.0256. The molecule has 1 aliphatic rings. The number of nitrogens with one attached hydrogen (secondary N) is 2. The van der Waals surface area contributed by atoms with E-state index < -0.39 is 0 Å². The number of methoxy groups -OCH3 is 1. The fraction of sp³-hybridized carbons (Fsp3) is 0.556. The summed E-state index contributed by atoms with van der Waals surface area (Å²) in [7, 11) is 3.35. The second-order valence-electron chi connectivity index (χ2n) is 6.76. The normalized spacial score (nSPS) is 21.2. The maximum atomic E-state index is 12.5. The van der Waals surface area contributed by atoms with Crippen molar-refractivity contribution in [3.63, 3.8) is 0 Å². The van der Waals surface area contributed by atoms with Crippen LogP contribution >= 0.6 is 11.6 Å². The minimum Gasteiger partial charge on any atom is -0.495 e. The Kier molecular flexibility index (Phi) is 7.25. The van der Waals surface area contributed by atoms with E-state index in [0.717, 1.165) is 4.90 Å². The summed E-state index contributed by atoms with van der Waals surface area (Å²) in [6.07, 6.45) is 0.0585. The average Bonchev–Trinajstić information content (AvgIpc) is 2.53. The zero-order valence-electron chi connectivity index (χ0n) is 15.7. The van der Waals surface area contributed by atoms with Crippen LogP contribution in [0.2, 0.25) is 5.02 Å². The summed E-state index contributed by atoms with van der Waals surface area (Å²) in [5, 5.41) is 3.29. The third kappa shape index (κ3) is 5.86. The molecule has 2 amide bonds. The third-order valence-electron chi connectivity index (χ3n) is 4.12. The molecule has 8 heteroatoms. The van der Waals surface area contributed by atoms with E-state index in [1.807, 2.05) is 20.9 Å². The van der Waals surface area contributed by atoms with Crippen molar-refractivity contribution in [2.75, 3.05) is 45.7 Å². The van der Waals surface area contributed by atoms with Gasteiger partial charge in [-0.05, 0) is 32.0 Å². The van der Waals surface area contributed by atoms with Gasteiger partial charge >= 0.3 is 0 Å². The number of nitrogens with zero attached hydrogens (tertiary/aromatic N) is 1. The van der Waals surface area contributed by atoms with Gasteiger partial charge in [-0.25, -0.2) is 0 Å². The molecule has 1 aliphatic heterocycles. The summed E-state index contributed by atoms with van der Waals surface area (Å²) < 4.78 is 10.9. The van der Waals surface area contributed by atoms with Gasteiger partial charge in [0.25, 0.3) is 11.8 Å². The summed E-state index contributed by atoms with van der Waals surface area (Å²) in [5.74, 6) is 0.352. The quantitative estimate of drug-likeness (QED) is 0.746. The number of carbonyl (C=O) groups is 2. The van der Waals surface area contributed by atoms with Crippen LogP contribution in [0.4, 0.5) is 5.69 Å². The summed E-state index contributed by atoms with van der Waals surface area (Å²) in [6.45, 7) is 5.50. The first-order valence-corrected chi connectivity index (χ1v) is 9.04. The molecule has 0 spiro atoms. The van der Waals surface area contributed by atoms with Gasteiger partial charge in [0.1, 0.15) is 5.75 Å². The molecule has 0 radical (unpaired) electrons. The maximum absolute atomic E-state index is 12.5. The molecule has 1 fully saturated rings. The van der Waals surface area contributed by atoms with Gasteiger partial charge in [-0.3, -0.25) is 9.59 Å². The number of amides is 2. The Balaban J connectivity index is 1.87. The van der Waals surface area contributed by atoms with Gasteiger partial charge in [0.15, 0.2) is 13.1 Å². The molecule has 0 saturated carbocycles. The van der Waals surface area contributed by atoms with Gasteiger partial charge in [0.05, 0.1) is 32.1 Å². The van der Waals surface area contributed by atoms with E-state index in [9.17, 15) is 9.59 Å². The lowest BCUT2D eigenvalue weighted by molar-refractivity contribution is -0.862. The molecule has 7 nitrogen and oxygen atoms in total. The van der Waals surface area contributed by atoms with E-state index in [-0.39, 0.29) is 37.1 Å². The highest BCUT2D eigenvalue weighted by atomic mass is 35.5. The number of benzene rings is 1. The lowest BCUT2D eigenvalue weighted by atomic mass is 10.2. The number of halogens is 1. The Morgan fingerprint density at radius 3 is 2.58 bits per heavy atom. The van der Waals surface area contributed by atoms with E-state index in [2.05, 4.69) is 5.32 Å². The zero-order valence-corrected chi connectivity index (χ0v) is 16.4. The van der Waals surface area contributed by atoms with Crippen LogP contribution in [-0.4, -0.2) is 69.3 Å². The molecule has 1 saturated heterocycles. The first kappa shape index (κ1) is 20.5. The van der Waals surface area contributed by atoms with Gasteiger partial charge in [0.2, 0.25) is 0 Å². The van der Waals surface area contributed by atoms with Crippen LogP contribution < -0.4 is 15.0 Å². The molecule has 1 unspecified atom stereocenters. The number of carbonyl (C=O) groups excluding carboxylic acids is 2. The molecule has 0 aliphatic carbocycles. The Bertz CT molecular complexity index is 645. The van der Waals surface area contributed by atoms with Gasteiger partial charge in [-0.15, -0.1) is 0 Å². The molecule has 1 aromatic rings. The van der Waals surface area contributed by atoms with Gasteiger partial charge in [0, 0.05) is 18.1 Å². The highest BCUT2D eigenvalue weighted by Crippen LogP contribution is 2.27. The van der Waals surface area contributed by atoms with Crippen molar-refractivity contribution in [2.24, 2.45) is 0 Å². The molecule has 144 valence electrons. The first-order valence-electron chi connectivity index (χ1n) is 8.66. The molecule has 26 heavy (non-hydrogen) atoms. The Hall–Kier alpha value is -1.83. The Labute approximate surface area is 159 Å². The molecule has 1 heterocycles. The number of quaternary nitrogens is 1. The van der Waals surface area contributed by atoms with Crippen LogP contribution in [0.5, 0.6) is 5.75 Å². The molecule has 2 N–H and O–H groups in total. The molecular weight excluding hydrogens is 358 g/mol. The van der Waals surface area contributed by atoms with Crippen LogP contribution in [0.1, 0.15) is 13.8 Å². The van der Waals surface area contributed by atoms with Crippen molar-refractivity contribution in [1.82, 2.24) is 4.90 Å². The van der Waals surface area contributed by atoms with Gasteiger partial charge in [-0.2, -0.15) is 0 Å². The van der Waals surface area contributed by atoms with Crippen LogP contribution in [0.25, 0.3) is 0 Å². The number of rotatable bonds is 6. The van der Waals surface area contributed by atoms with Gasteiger partial charge < -0.3 is 24.6 Å². The molecule has 0 bridgehead atoms. The van der Waals surface area contributed by atoms with Crippen molar-refractivity contribution >= 4 is 29.1 Å². The fourth-order valence-electron chi connectivity index (χ4n) is 3.06. The number of hydrogen-bond acceptors (Lipinski definition) is 4. The Morgan fingerprint density at radius 2 is 1.96 bits per heavy atom. The van der Waals surface area contributed by atoms with E-state index in [1.165, 1.54) is 7.11 Å². The van der Waals surface area contributed by atoms with E-state index in [0.29, 0.717) is 29.5 Å². The molecular formula is C18H27ClN3O4+. The van der Waals surface area contributed by atoms with Crippen LogP contribution in [-0.2, 0) is 14.3 Å². The van der Waals surface area contributed by atoms with Crippen molar-refractivity contribution in [1.29, 1.82) is 0 Å². The van der Waals surface area contributed by atoms with E-state index >= 15 is 0 Å². The summed E-state index contributed by atoms with van der Waals surface area (Å²) in [6, 6.07) is 5.02. The third-order valence-corrected chi connectivity index (χ3v) is 4.36. The van der Waals surface area contributed by atoms with Crippen LogP contribution in [0.15, 0.2) is 18.2 Å². The van der Waals surface area contributed by atoms with Gasteiger partial charge in [-0.1, -0.05) is 11.6 Å². The summed E-state index contributed by atoms with van der Waals surface area (Å²) in [5.41, 5.74) is 0.514. The average molecular weight is 385 g/mol. The highest BCUT2D eigenvalue weighted by molar-refractivity contribution is 6.31. The minimum atomic E-state index is -0.209. The zero-order chi connectivity index (χ0) is 19.3. The number of anilines is 1. The largest absolute Gasteiger partial charge is 0.495 e. The first-order chi connectivity index (χ1) is 12.3. The SMILES string of the molecule is COc1ccc(Cl)cc1NC(=O)C[NH+](C)CC(=O)N1C[C@@H](C)O[C@@H](C)C1. The summed E-state index contributed by atoms with van der Waals surface area (Å²) in [4.78, 5) is 27.4. The molecule has 2 rings (SSSR count). The van der Waals surface area contributed by atoms with E-state index in [1.54, 1.807) is 23.1 Å². The van der Waals surface area contributed by atoms with Crippen LogP contribution in [0, 0.1) is 0 Å². The monoisotopic (exact) mass is 384 g/mol. The van der Waals surface area contributed by atoms with Crippen molar-refractivity contribution in [3.8, 4) is 5.75 Å². The number of likely N-dealkylation sites (N-methyl/N-ethyl adjacent to an activating group) is 1. The van der Waals surface area contributed by atoms with Crippen molar-refractivity contribution in [2.45, 2.75) is 26.1 Å². The Morgan fingerprint density at radius 1 is 1.31 bits per heavy atom. The second-order valence-corrected chi connectivity index (χ2v) is 7.20. The maximum Gasteiger partial charge on any atom is 0.279 e. The standard InChI is InChI=1S/C18H26ClN3O4/c1-12-8-22(9-13(2)26-12)18(24)11-21(3)10-17(23)20-15-7-14(19)5-6-16(15)25-4/h5-7,12-13H,8-11H2,1-4H3,(H,20,23)/p+1/t12-,13+. The number of hydrogen-bond donors (Lipinski definition) is 2. The fourth-order valence-corrected chi connectivity index (χ4v) is 3.23. The lowest BCUT2D eigenvalue weighted by Gasteiger charge is -2.35. The molecule has 3 atom stereocenters. The molecule has 1 aromatic carbocycles. The smallest absolute Gasteiger partial charge is 0.279 e. The highest BCUT2D eigenvalue weighted by Gasteiger charge is 2.27. The van der Waals surface area contributed by atoms with Crippen LogP contribution in [0.3, 0.4) is 0 Å². The number of morpholine rings is 1.